The molecule has 0 aromatic heterocycles. The van der Waals surface area contributed by atoms with Crippen LogP contribution < -0.4 is 5.32 Å². The number of rotatable bonds is 2. The van der Waals surface area contributed by atoms with E-state index < -0.39 is 24.0 Å². The molecule has 1 aliphatic heterocycles. The lowest BCUT2D eigenvalue weighted by atomic mass is 9.78. The summed E-state index contributed by atoms with van der Waals surface area (Å²) in [5.74, 6) is -1.38. The standard InChI is InChI=1S/C6H8F3NO2/c7-6(8,9)1-5(4(11)12)2-10-3-5/h10H,1-3H2,(H,11,12). The summed E-state index contributed by atoms with van der Waals surface area (Å²) in [6, 6.07) is 0. The van der Waals surface area contributed by atoms with Crippen LogP contribution in [0.4, 0.5) is 13.2 Å². The van der Waals surface area contributed by atoms with Gasteiger partial charge in [-0.3, -0.25) is 4.79 Å². The first-order valence-corrected chi connectivity index (χ1v) is 3.37. The first-order valence-electron chi connectivity index (χ1n) is 3.37. The van der Waals surface area contributed by atoms with Crippen LogP contribution in [0.2, 0.25) is 0 Å². The molecular formula is C6H8F3NO2. The van der Waals surface area contributed by atoms with Crippen LogP contribution in [0.5, 0.6) is 0 Å². The predicted octanol–water partition coefficient (Wildman–Crippen LogP) is 0.613. The highest BCUT2D eigenvalue weighted by molar-refractivity contribution is 5.76. The molecule has 0 aromatic carbocycles. The largest absolute Gasteiger partial charge is 0.481 e. The second kappa shape index (κ2) is 2.62. The maximum Gasteiger partial charge on any atom is 0.390 e. The summed E-state index contributed by atoms with van der Waals surface area (Å²) in [4.78, 5) is 10.4. The molecule has 3 nitrogen and oxygen atoms in total. The molecule has 1 heterocycles. The van der Waals surface area contributed by atoms with Gasteiger partial charge in [0.25, 0.3) is 0 Å². The summed E-state index contributed by atoms with van der Waals surface area (Å²) in [5, 5.41) is 11.0. The van der Waals surface area contributed by atoms with E-state index in [1.54, 1.807) is 0 Å². The maximum atomic E-state index is 11.8. The Morgan fingerprint density at radius 3 is 2.08 bits per heavy atom. The normalized spacial score (nSPS) is 21.6. The minimum absolute atomic E-state index is 0.0954. The van der Waals surface area contributed by atoms with Gasteiger partial charge >= 0.3 is 12.1 Å². The minimum Gasteiger partial charge on any atom is -0.481 e. The van der Waals surface area contributed by atoms with Crippen molar-refractivity contribution >= 4 is 5.97 Å². The third kappa shape index (κ3) is 1.69. The number of carboxylic acids is 1. The summed E-state index contributed by atoms with van der Waals surface area (Å²) in [6.07, 6.45) is -5.65. The number of hydrogen-bond donors (Lipinski definition) is 2. The molecule has 1 fully saturated rings. The fourth-order valence-electron chi connectivity index (χ4n) is 1.16. The van der Waals surface area contributed by atoms with Crippen molar-refractivity contribution < 1.29 is 23.1 Å². The van der Waals surface area contributed by atoms with Gasteiger partial charge < -0.3 is 10.4 Å². The van der Waals surface area contributed by atoms with Crippen LogP contribution in [0.3, 0.4) is 0 Å². The Balaban J connectivity index is 2.63. The molecule has 1 rings (SSSR count). The second-order valence-corrected chi connectivity index (χ2v) is 2.98. The summed E-state index contributed by atoms with van der Waals surface area (Å²) in [7, 11) is 0. The highest BCUT2D eigenvalue weighted by Crippen LogP contribution is 2.36. The number of carboxylic acid groups (broad SMARTS) is 1. The van der Waals surface area contributed by atoms with Gasteiger partial charge in [-0.25, -0.2) is 0 Å². The van der Waals surface area contributed by atoms with E-state index in [2.05, 4.69) is 5.32 Å². The van der Waals surface area contributed by atoms with Crippen molar-refractivity contribution in [3.05, 3.63) is 0 Å². The van der Waals surface area contributed by atoms with Crippen LogP contribution in [0, 0.1) is 5.41 Å². The summed E-state index contributed by atoms with van der Waals surface area (Å²) < 4.78 is 35.5. The summed E-state index contributed by atoms with van der Waals surface area (Å²) in [6.45, 7) is -0.191. The van der Waals surface area contributed by atoms with Crippen molar-refractivity contribution in [1.29, 1.82) is 0 Å². The Bertz CT molecular complexity index is 197. The van der Waals surface area contributed by atoms with Crippen LogP contribution >= 0.6 is 0 Å². The van der Waals surface area contributed by atoms with Crippen LogP contribution in [0.25, 0.3) is 0 Å². The van der Waals surface area contributed by atoms with Gasteiger partial charge in [0.05, 0.1) is 6.42 Å². The Kier molecular flexibility index (Phi) is 2.03. The van der Waals surface area contributed by atoms with Crippen LogP contribution in [0.1, 0.15) is 6.42 Å². The molecule has 0 amide bonds. The molecule has 1 saturated heterocycles. The monoisotopic (exact) mass is 183 g/mol. The van der Waals surface area contributed by atoms with Gasteiger partial charge in [0.1, 0.15) is 5.41 Å². The topological polar surface area (TPSA) is 49.3 Å². The van der Waals surface area contributed by atoms with Gasteiger partial charge in [-0.15, -0.1) is 0 Å². The van der Waals surface area contributed by atoms with Crippen molar-refractivity contribution in [1.82, 2.24) is 5.32 Å². The zero-order valence-corrected chi connectivity index (χ0v) is 6.11. The first kappa shape index (κ1) is 9.31. The average Bonchev–Trinajstić information content (AvgIpc) is 1.75. The molecule has 0 unspecified atom stereocenters. The molecule has 12 heavy (non-hydrogen) atoms. The molecule has 0 spiro atoms. The first-order chi connectivity index (χ1) is 5.36. The predicted molar refractivity (Wildman–Crippen MR) is 33.6 cm³/mol. The molecule has 2 N–H and O–H groups in total. The summed E-state index contributed by atoms with van der Waals surface area (Å²) in [5.41, 5.74) is -1.61. The number of aliphatic carboxylic acids is 1. The molecule has 0 aromatic rings. The zero-order valence-electron chi connectivity index (χ0n) is 6.11. The van der Waals surface area contributed by atoms with E-state index >= 15 is 0 Å². The quantitative estimate of drug-likeness (QED) is 0.659. The van der Waals surface area contributed by atoms with Crippen molar-refractivity contribution in [2.75, 3.05) is 13.1 Å². The van der Waals surface area contributed by atoms with E-state index in [0.29, 0.717) is 0 Å². The smallest absolute Gasteiger partial charge is 0.390 e. The third-order valence-corrected chi connectivity index (χ3v) is 1.92. The number of hydrogen-bond acceptors (Lipinski definition) is 2. The maximum absolute atomic E-state index is 11.8. The Morgan fingerprint density at radius 2 is 2.00 bits per heavy atom. The highest BCUT2D eigenvalue weighted by atomic mass is 19.4. The Morgan fingerprint density at radius 1 is 1.50 bits per heavy atom. The van der Waals surface area contributed by atoms with Gasteiger partial charge in [-0.05, 0) is 0 Å². The van der Waals surface area contributed by atoms with E-state index in [-0.39, 0.29) is 13.1 Å². The van der Waals surface area contributed by atoms with Gasteiger partial charge in [0, 0.05) is 13.1 Å². The lowest BCUT2D eigenvalue weighted by Crippen LogP contribution is -2.59. The highest BCUT2D eigenvalue weighted by Gasteiger charge is 2.51. The van der Waals surface area contributed by atoms with E-state index in [1.807, 2.05) is 0 Å². The van der Waals surface area contributed by atoms with E-state index in [0.717, 1.165) is 0 Å². The molecule has 1 aliphatic rings. The average molecular weight is 183 g/mol. The van der Waals surface area contributed by atoms with E-state index in [4.69, 9.17) is 5.11 Å². The lowest BCUT2D eigenvalue weighted by Gasteiger charge is -2.38. The van der Waals surface area contributed by atoms with Gasteiger partial charge in [0.2, 0.25) is 0 Å². The van der Waals surface area contributed by atoms with Gasteiger partial charge in [-0.2, -0.15) is 13.2 Å². The van der Waals surface area contributed by atoms with Crippen molar-refractivity contribution in [2.45, 2.75) is 12.6 Å². The van der Waals surface area contributed by atoms with Crippen LogP contribution in [-0.4, -0.2) is 30.3 Å². The summed E-state index contributed by atoms with van der Waals surface area (Å²) >= 11 is 0. The minimum atomic E-state index is -4.40. The van der Waals surface area contributed by atoms with Crippen LogP contribution in [0.15, 0.2) is 0 Å². The molecule has 0 aliphatic carbocycles. The van der Waals surface area contributed by atoms with E-state index in [1.165, 1.54) is 0 Å². The van der Waals surface area contributed by atoms with Crippen molar-refractivity contribution in [3.63, 3.8) is 0 Å². The molecule has 0 bridgehead atoms. The molecule has 0 saturated carbocycles. The van der Waals surface area contributed by atoms with E-state index in [9.17, 15) is 18.0 Å². The number of carbonyl (C=O) groups is 1. The van der Waals surface area contributed by atoms with Crippen molar-refractivity contribution in [2.24, 2.45) is 5.41 Å². The SMILES string of the molecule is O=C(O)C1(CC(F)(F)F)CNC1. The molecule has 6 heteroatoms. The molecular weight excluding hydrogens is 175 g/mol. The fourth-order valence-corrected chi connectivity index (χ4v) is 1.16. The molecule has 0 radical (unpaired) electrons. The Hall–Kier alpha value is -0.780. The van der Waals surface area contributed by atoms with Crippen LogP contribution in [-0.2, 0) is 4.79 Å². The third-order valence-electron chi connectivity index (χ3n) is 1.92. The van der Waals surface area contributed by atoms with Gasteiger partial charge in [-0.1, -0.05) is 0 Å². The molecule has 0 atom stereocenters. The fraction of sp³-hybridized carbons (Fsp3) is 0.833. The number of halogens is 3. The molecule has 70 valence electrons. The number of alkyl halides is 3. The lowest BCUT2D eigenvalue weighted by molar-refractivity contribution is -0.184. The Labute approximate surface area is 66.6 Å². The van der Waals surface area contributed by atoms with Crippen molar-refractivity contribution in [3.8, 4) is 0 Å². The second-order valence-electron chi connectivity index (χ2n) is 2.98. The van der Waals surface area contributed by atoms with Gasteiger partial charge in [0.15, 0.2) is 0 Å². The zero-order chi connectivity index (χ0) is 9.41. The number of nitrogens with one attached hydrogen (secondary N) is 1.